The average molecular weight is 794 g/mol. The first-order valence-corrected chi connectivity index (χ1v) is 20.8. The van der Waals surface area contributed by atoms with E-state index in [0.29, 0.717) is 34.9 Å². The quantitative estimate of drug-likeness (QED) is 0.159. The van der Waals surface area contributed by atoms with E-state index in [2.05, 4.69) is 89.9 Å². The van der Waals surface area contributed by atoms with Crippen molar-refractivity contribution in [1.82, 2.24) is 34.9 Å². The Morgan fingerprint density at radius 2 is 0.565 bits per heavy atom. The van der Waals surface area contributed by atoms with Crippen molar-refractivity contribution < 1.29 is 0 Å². The van der Waals surface area contributed by atoms with Crippen molar-refractivity contribution in [3.63, 3.8) is 0 Å². The fourth-order valence-corrected chi connectivity index (χ4v) is 9.11. The van der Waals surface area contributed by atoms with Crippen LogP contribution in [-0.4, -0.2) is 34.9 Å². The summed E-state index contributed by atoms with van der Waals surface area (Å²) in [6.07, 6.45) is 1.81. The zero-order valence-electron chi connectivity index (χ0n) is 33.3. The number of benzene rings is 7. The van der Waals surface area contributed by atoms with E-state index in [0.717, 1.165) is 44.6 Å². The minimum Gasteiger partial charge on any atom is -0.256 e. The molecule has 2 bridgehead atoms. The second-order valence-electron chi connectivity index (χ2n) is 15.7. The van der Waals surface area contributed by atoms with Crippen LogP contribution in [0.15, 0.2) is 200 Å². The van der Waals surface area contributed by atoms with Crippen molar-refractivity contribution >= 4 is 0 Å². The van der Waals surface area contributed by atoms with E-state index >= 15 is 0 Å². The maximum Gasteiger partial charge on any atom is 0.164 e. The fraction of sp³-hybridized carbons (Fsp3) is 0.0364. The number of aromatic nitrogens is 7. The Balaban J connectivity index is 0.967. The van der Waals surface area contributed by atoms with Gasteiger partial charge in [0.05, 0.1) is 5.69 Å². The highest BCUT2D eigenvalue weighted by Gasteiger charge is 2.41. The third-order valence-electron chi connectivity index (χ3n) is 12.0. The van der Waals surface area contributed by atoms with Crippen molar-refractivity contribution in [3.8, 4) is 79.6 Å². The van der Waals surface area contributed by atoms with Crippen LogP contribution >= 0.6 is 0 Å². The van der Waals surface area contributed by atoms with E-state index in [4.69, 9.17) is 29.9 Å². The lowest BCUT2D eigenvalue weighted by atomic mass is 9.61. The molecule has 13 rings (SSSR count). The molecule has 0 spiro atoms. The topological polar surface area (TPSA) is 90.2 Å². The molecule has 0 amide bonds. The molecule has 10 aromatic rings. The van der Waals surface area contributed by atoms with Crippen LogP contribution in [-0.2, 0) is 0 Å². The van der Waals surface area contributed by atoms with Gasteiger partial charge in [-0.15, -0.1) is 0 Å². The summed E-state index contributed by atoms with van der Waals surface area (Å²) >= 11 is 0. The molecule has 3 heterocycles. The van der Waals surface area contributed by atoms with Gasteiger partial charge in [0.1, 0.15) is 0 Å². The molecule has 0 fully saturated rings. The molecule has 0 N–H and O–H groups in total. The van der Waals surface area contributed by atoms with Crippen molar-refractivity contribution in [1.29, 1.82) is 0 Å². The van der Waals surface area contributed by atoms with Gasteiger partial charge >= 0.3 is 0 Å². The average Bonchev–Trinajstić information content (AvgIpc) is 3.36. The summed E-state index contributed by atoms with van der Waals surface area (Å²) in [6, 6.07) is 67.0. The zero-order valence-corrected chi connectivity index (χ0v) is 33.3. The SMILES string of the molecule is c1ccc(-c2nc(-c3ccccc3)nc(-c3ccc4c(c3)C3c5ccccc5C4c4cc(-c5nc(-c6ccccc6)nc(-c6ccc(-c7ccccn7)cc6)n5)ccc43)n2)cc1. The Kier molecular flexibility index (Phi) is 8.49. The predicted molar refractivity (Wildman–Crippen MR) is 244 cm³/mol. The summed E-state index contributed by atoms with van der Waals surface area (Å²) in [7, 11) is 0. The molecule has 3 aliphatic rings. The minimum atomic E-state index is 0.0300. The molecule has 290 valence electrons. The van der Waals surface area contributed by atoms with Crippen molar-refractivity contribution in [2.45, 2.75) is 11.8 Å². The number of hydrogen-bond donors (Lipinski definition) is 0. The molecule has 3 aromatic heterocycles. The molecule has 0 saturated carbocycles. The van der Waals surface area contributed by atoms with Crippen LogP contribution in [0.1, 0.15) is 45.2 Å². The van der Waals surface area contributed by atoms with Gasteiger partial charge in [-0.2, -0.15) is 0 Å². The molecule has 2 atom stereocenters. The van der Waals surface area contributed by atoms with E-state index in [9.17, 15) is 0 Å². The molecule has 7 nitrogen and oxygen atoms in total. The lowest BCUT2D eigenvalue weighted by Gasteiger charge is -2.42. The Labute approximate surface area is 358 Å². The summed E-state index contributed by atoms with van der Waals surface area (Å²) in [5, 5.41) is 0. The number of nitrogens with zero attached hydrogens (tertiary/aromatic N) is 7. The summed E-state index contributed by atoms with van der Waals surface area (Å²) in [5.41, 5.74) is 15.4. The predicted octanol–water partition coefficient (Wildman–Crippen LogP) is 12.1. The molecular formula is C55H35N7. The molecule has 7 heteroatoms. The molecular weight excluding hydrogens is 759 g/mol. The number of pyridine rings is 1. The van der Waals surface area contributed by atoms with Gasteiger partial charge in [0.2, 0.25) is 0 Å². The van der Waals surface area contributed by atoms with E-state index in [-0.39, 0.29) is 11.8 Å². The smallest absolute Gasteiger partial charge is 0.164 e. The highest BCUT2D eigenvalue weighted by molar-refractivity contribution is 5.76. The molecule has 0 aliphatic heterocycles. The van der Waals surface area contributed by atoms with Crippen LogP contribution in [0.25, 0.3) is 79.6 Å². The highest BCUT2D eigenvalue weighted by Crippen LogP contribution is 2.56. The third kappa shape index (κ3) is 6.18. The highest BCUT2D eigenvalue weighted by atomic mass is 15.0. The Morgan fingerprint density at radius 1 is 0.242 bits per heavy atom. The fourth-order valence-electron chi connectivity index (χ4n) is 9.11. The maximum absolute atomic E-state index is 5.15. The molecule has 2 unspecified atom stereocenters. The van der Waals surface area contributed by atoms with Gasteiger partial charge in [-0.3, -0.25) is 4.98 Å². The summed E-state index contributed by atoms with van der Waals surface area (Å²) in [4.78, 5) is 34.9. The van der Waals surface area contributed by atoms with Gasteiger partial charge in [0.25, 0.3) is 0 Å². The van der Waals surface area contributed by atoms with Crippen LogP contribution < -0.4 is 0 Å². The van der Waals surface area contributed by atoms with Gasteiger partial charge in [0, 0.05) is 57.0 Å². The second-order valence-corrected chi connectivity index (χ2v) is 15.7. The van der Waals surface area contributed by atoms with E-state index < -0.39 is 0 Å². The largest absolute Gasteiger partial charge is 0.256 e. The van der Waals surface area contributed by atoms with E-state index in [1.54, 1.807) is 0 Å². The lowest BCUT2D eigenvalue weighted by molar-refractivity contribution is 0.754. The van der Waals surface area contributed by atoms with Crippen LogP contribution in [0.5, 0.6) is 0 Å². The minimum absolute atomic E-state index is 0.0300. The molecule has 0 saturated heterocycles. The monoisotopic (exact) mass is 793 g/mol. The first-order chi connectivity index (χ1) is 30.7. The Morgan fingerprint density at radius 3 is 0.968 bits per heavy atom. The maximum atomic E-state index is 5.15. The second kappa shape index (κ2) is 14.8. The molecule has 3 aliphatic carbocycles. The van der Waals surface area contributed by atoms with Crippen LogP contribution in [0.2, 0.25) is 0 Å². The van der Waals surface area contributed by atoms with Crippen LogP contribution in [0, 0.1) is 0 Å². The lowest BCUT2D eigenvalue weighted by Crippen LogP contribution is -2.27. The van der Waals surface area contributed by atoms with Crippen molar-refractivity contribution in [2.24, 2.45) is 0 Å². The molecule has 0 radical (unpaired) electrons. The third-order valence-corrected chi connectivity index (χ3v) is 12.0. The Hall–Kier alpha value is -8.29. The normalized spacial score (nSPS) is 14.5. The van der Waals surface area contributed by atoms with Crippen molar-refractivity contribution in [2.75, 3.05) is 0 Å². The van der Waals surface area contributed by atoms with Crippen LogP contribution in [0.4, 0.5) is 0 Å². The van der Waals surface area contributed by atoms with Gasteiger partial charge < -0.3 is 0 Å². The van der Waals surface area contributed by atoms with Crippen molar-refractivity contribution in [3.05, 3.63) is 234 Å². The standard InChI is InChI=1S/C55H35N7/c1-4-14-35(15-5-1)50-57-51(36-16-6-2-7-17-36)60-54(59-50)39-27-29-43-45(32-39)48-41-20-10-11-21-42(41)49(43)46-33-40(28-30-44(46)48)55-61-52(37-18-8-3-9-19-37)58-53(62-55)38-25-23-34(24-26-38)47-22-12-13-31-56-47/h1-33,48-49H. The van der Waals surface area contributed by atoms with E-state index in [1.807, 2.05) is 115 Å². The summed E-state index contributed by atoms with van der Waals surface area (Å²) in [6.45, 7) is 0. The number of hydrogen-bond acceptors (Lipinski definition) is 7. The summed E-state index contributed by atoms with van der Waals surface area (Å²) < 4.78 is 0. The van der Waals surface area contributed by atoms with Gasteiger partial charge in [-0.1, -0.05) is 170 Å². The molecule has 62 heavy (non-hydrogen) atoms. The van der Waals surface area contributed by atoms with Crippen LogP contribution in [0.3, 0.4) is 0 Å². The first-order valence-electron chi connectivity index (χ1n) is 20.8. The zero-order chi connectivity index (χ0) is 41.0. The van der Waals surface area contributed by atoms with Gasteiger partial charge in [0.15, 0.2) is 34.9 Å². The first kappa shape index (κ1) is 35.6. The van der Waals surface area contributed by atoms with E-state index in [1.165, 1.54) is 33.4 Å². The van der Waals surface area contributed by atoms with Gasteiger partial charge in [-0.25, -0.2) is 29.9 Å². The summed E-state index contributed by atoms with van der Waals surface area (Å²) in [5.74, 6) is 3.89. The number of rotatable bonds is 7. The Bertz CT molecular complexity index is 3230. The van der Waals surface area contributed by atoms with Gasteiger partial charge in [-0.05, 0) is 57.6 Å². The molecule has 7 aromatic carbocycles.